The van der Waals surface area contributed by atoms with E-state index in [2.05, 4.69) is 25.0 Å². The number of hydrogen-bond donors (Lipinski definition) is 1. The number of rotatable bonds is 5. The van der Waals surface area contributed by atoms with Gasteiger partial charge in [-0.25, -0.2) is 4.79 Å². The van der Waals surface area contributed by atoms with Gasteiger partial charge >= 0.3 is 6.03 Å². The number of carbonyl (C=O) groups excluding carboxylic acids is 2. The van der Waals surface area contributed by atoms with Gasteiger partial charge in [-0.2, -0.15) is 0 Å². The number of amides is 3. The van der Waals surface area contributed by atoms with Crippen LogP contribution in [-0.4, -0.2) is 31.7 Å². The zero-order chi connectivity index (χ0) is 18.9. The number of likely N-dealkylation sites (N-methyl/N-ethyl adjacent to an activating group) is 1. The van der Waals surface area contributed by atoms with Crippen molar-refractivity contribution < 1.29 is 14.0 Å². The Kier molecular flexibility index (Phi) is 4.62. The maximum absolute atomic E-state index is 13.2. The quantitative estimate of drug-likeness (QED) is 0.646. The molecule has 1 heterocycles. The summed E-state index contributed by atoms with van der Waals surface area (Å²) in [5.74, 6) is 0.523. The summed E-state index contributed by atoms with van der Waals surface area (Å²) in [5, 5.41) is 2.92. The number of benzene rings is 2. The first-order valence-corrected chi connectivity index (χ1v) is 12.2. The molecule has 3 amide bonds. The van der Waals surface area contributed by atoms with Gasteiger partial charge in [0.1, 0.15) is 5.75 Å². The Hall–Kier alpha value is -2.60. The highest BCUT2D eigenvalue weighted by molar-refractivity contribution is 6.70. The highest BCUT2D eigenvalue weighted by Gasteiger charge is 2.53. The molecule has 3 rings (SSSR count). The molecule has 1 N–H and O–H groups in total. The number of nitrogens with zero attached hydrogens (tertiary/aromatic N) is 1. The summed E-state index contributed by atoms with van der Waals surface area (Å²) in [6.45, 7) is 8.48. The average Bonchev–Trinajstić information content (AvgIpc) is 2.86. The highest BCUT2D eigenvalue weighted by atomic mass is 28.4. The van der Waals surface area contributed by atoms with Gasteiger partial charge in [0.15, 0.2) is 5.54 Å². The van der Waals surface area contributed by atoms with E-state index in [0.717, 1.165) is 16.9 Å². The maximum Gasteiger partial charge on any atom is 0.325 e. The van der Waals surface area contributed by atoms with Gasteiger partial charge in [-0.15, -0.1) is 0 Å². The fraction of sp³-hybridized carbons (Fsp3) is 0.300. The van der Waals surface area contributed by atoms with E-state index < -0.39 is 13.9 Å². The topological polar surface area (TPSA) is 58.6 Å². The van der Waals surface area contributed by atoms with Crippen molar-refractivity contribution in [1.82, 2.24) is 10.2 Å². The molecule has 1 fully saturated rings. The first kappa shape index (κ1) is 18.2. The molecule has 0 bridgehead atoms. The van der Waals surface area contributed by atoms with Crippen LogP contribution in [0, 0.1) is 0 Å². The lowest BCUT2D eigenvalue weighted by Gasteiger charge is -2.28. The van der Waals surface area contributed by atoms with Crippen molar-refractivity contribution in [3.05, 3.63) is 65.7 Å². The molecule has 1 aliphatic heterocycles. The minimum absolute atomic E-state index is 0.255. The average molecular weight is 369 g/mol. The fourth-order valence-corrected chi connectivity index (χ4v) is 4.08. The third-order valence-corrected chi connectivity index (χ3v) is 5.19. The van der Waals surface area contributed by atoms with E-state index in [-0.39, 0.29) is 11.9 Å². The molecular formula is C20H24N2O3Si. The second kappa shape index (κ2) is 6.61. The van der Waals surface area contributed by atoms with Crippen LogP contribution in [0.3, 0.4) is 0 Å². The number of imide groups is 1. The van der Waals surface area contributed by atoms with E-state index in [1.807, 2.05) is 54.6 Å². The zero-order valence-electron chi connectivity index (χ0n) is 15.6. The van der Waals surface area contributed by atoms with Gasteiger partial charge in [0.05, 0.1) is 0 Å². The van der Waals surface area contributed by atoms with Crippen LogP contribution in [0.5, 0.6) is 5.75 Å². The molecule has 1 saturated heterocycles. The van der Waals surface area contributed by atoms with Crippen molar-refractivity contribution in [1.29, 1.82) is 0 Å². The Morgan fingerprint density at radius 1 is 0.962 bits per heavy atom. The third-order valence-electron chi connectivity index (χ3n) is 4.34. The van der Waals surface area contributed by atoms with E-state index in [0.29, 0.717) is 6.54 Å². The molecule has 136 valence electrons. The Balaban J connectivity index is 2.09. The summed E-state index contributed by atoms with van der Waals surface area (Å²) >= 11 is 0. The third kappa shape index (κ3) is 3.12. The number of hydrogen-bond acceptors (Lipinski definition) is 3. The second-order valence-corrected chi connectivity index (χ2v) is 11.8. The normalized spacial score (nSPS) is 20.2. The standard InChI is InChI=1S/C20H24N2O3Si/c1-5-22-18(23)20(21-19(22)24,15-9-7-6-8-10-15)16-11-13-17(14-12-16)25-26(2,3)4/h6-14H,5H2,1-4H3,(H,21,24). The molecular weight excluding hydrogens is 344 g/mol. The van der Waals surface area contributed by atoms with Crippen molar-refractivity contribution in [2.24, 2.45) is 0 Å². The Labute approximate surface area is 155 Å². The lowest BCUT2D eigenvalue weighted by molar-refractivity contribution is -0.130. The molecule has 1 atom stereocenters. The molecule has 26 heavy (non-hydrogen) atoms. The van der Waals surface area contributed by atoms with Gasteiger partial charge in [0, 0.05) is 6.54 Å². The summed E-state index contributed by atoms with van der Waals surface area (Å²) in [6.07, 6.45) is 0. The lowest BCUT2D eigenvalue weighted by atomic mass is 9.82. The smallest absolute Gasteiger partial charge is 0.325 e. The minimum atomic E-state index is -1.72. The molecule has 1 unspecified atom stereocenters. The van der Waals surface area contributed by atoms with Gasteiger partial charge in [-0.1, -0.05) is 42.5 Å². The minimum Gasteiger partial charge on any atom is -0.544 e. The molecule has 0 radical (unpaired) electrons. The van der Waals surface area contributed by atoms with Crippen LogP contribution >= 0.6 is 0 Å². The van der Waals surface area contributed by atoms with Crippen molar-refractivity contribution in [2.75, 3.05) is 6.54 Å². The number of nitrogens with one attached hydrogen (secondary N) is 1. The van der Waals surface area contributed by atoms with Gasteiger partial charge in [0.2, 0.25) is 8.32 Å². The van der Waals surface area contributed by atoms with E-state index in [9.17, 15) is 9.59 Å². The number of urea groups is 1. The van der Waals surface area contributed by atoms with Gasteiger partial charge in [-0.05, 0) is 49.8 Å². The Morgan fingerprint density at radius 3 is 2.04 bits per heavy atom. The summed E-state index contributed by atoms with van der Waals surface area (Å²) in [4.78, 5) is 26.9. The molecule has 5 nitrogen and oxygen atoms in total. The second-order valence-electron chi connectivity index (χ2n) is 7.33. The zero-order valence-corrected chi connectivity index (χ0v) is 16.6. The van der Waals surface area contributed by atoms with Crippen LogP contribution in [0.2, 0.25) is 19.6 Å². The van der Waals surface area contributed by atoms with Crippen LogP contribution in [0.25, 0.3) is 0 Å². The van der Waals surface area contributed by atoms with Crippen molar-refractivity contribution in [3.63, 3.8) is 0 Å². The highest BCUT2D eigenvalue weighted by Crippen LogP contribution is 2.36. The van der Waals surface area contributed by atoms with Crippen LogP contribution in [0.4, 0.5) is 4.79 Å². The van der Waals surface area contributed by atoms with Gasteiger partial charge in [0.25, 0.3) is 5.91 Å². The van der Waals surface area contributed by atoms with Crippen molar-refractivity contribution in [2.45, 2.75) is 32.1 Å². The fourth-order valence-electron chi connectivity index (χ4n) is 3.24. The molecule has 0 aromatic heterocycles. The van der Waals surface area contributed by atoms with Crippen LogP contribution < -0.4 is 9.74 Å². The summed E-state index contributed by atoms with van der Waals surface area (Å²) < 4.78 is 6.00. The summed E-state index contributed by atoms with van der Waals surface area (Å²) in [5.41, 5.74) is 0.264. The molecule has 0 aliphatic carbocycles. The van der Waals surface area contributed by atoms with Crippen molar-refractivity contribution in [3.8, 4) is 5.75 Å². The van der Waals surface area contributed by atoms with E-state index in [4.69, 9.17) is 4.43 Å². The summed E-state index contributed by atoms with van der Waals surface area (Å²) in [7, 11) is -1.72. The molecule has 1 aliphatic rings. The predicted molar refractivity (Wildman–Crippen MR) is 104 cm³/mol. The van der Waals surface area contributed by atoms with Crippen LogP contribution in [0.1, 0.15) is 18.1 Å². The Morgan fingerprint density at radius 2 is 1.54 bits per heavy atom. The van der Waals surface area contributed by atoms with E-state index in [1.165, 1.54) is 4.90 Å². The van der Waals surface area contributed by atoms with Crippen LogP contribution in [-0.2, 0) is 10.3 Å². The van der Waals surface area contributed by atoms with E-state index in [1.54, 1.807) is 6.92 Å². The van der Waals surface area contributed by atoms with Crippen LogP contribution in [0.15, 0.2) is 54.6 Å². The Bertz CT molecular complexity index is 815. The molecule has 0 saturated carbocycles. The molecule has 0 spiro atoms. The monoisotopic (exact) mass is 368 g/mol. The first-order chi connectivity index (χ1) is 12.3. The lowest BCUT2D eigenvalue weighted by Crippen LogP contribution is -2.45. The SMILES string of the molecule is CCN1C(=O)NC(c2ccccc2)(c2ccc(O[Si](C)(C)C)cc2)C1=O. The molecule has 2 aromatic carbocycles. The summed E-state index contributed by atoms with van der Waals surface area (Å²) in [6, 6.07) is 16.4. The predicted octanol–water partition coefficient (Wildman–Crippen LogP) is 3.72. The number of carbonyl (C=O) groups is 2. The largest absolute Gasteiger partial charge is 0.544 e. The molecule has 2 aromatic rings. The van der Waals surface area contributed by atoms with Gasteiger partial charge < -0.3 is 9.74 Å². The van der Waals surface area contributed by atoms with E-state index >= 15 is 0 Å². The first-order valence-electron chi connectivity index (χ1n) is 8.77. The maximum atomic E-state index is 13.2. The van der Waals surface area contributed by atoms with Gasteiger partial charge in [-0.3, -0.25) is 9.69 Å². The molecule has 6 heteroatoms. The van der Waals surface area contributed by atoms with Crippen molar-refractivity contribution >= 4 is 20.3 Å².